The van der Waals surface area contributed by atoms with Gasteiger partial charge in [0.2, 0.25) is 11.8 Å². The lowest BCUT2D eigenvalue weighted by Gasteiger charge is -2.07. The molecule has 2 amide bonds. The highest BCUT2D eigenvalue weighted by molar-refractivity contribution is 6.36. The Balaban J connectivity index is 1.49. The molecule has 2 N–H and O–H groups in total. The van der Waals surface area contributed by atoms with Gasteiger partial charge in [-0.3, -0.25) is 9.59 Å². The second kappa shape index (κ2) is 12.6. The van der Waals surface area contributed by atoms with Gasteiger partial charge in [-0.25, -0.2) is 0 Å². The van der Waals surface area contributed by atoms with Gasteiger partial charge in [-0.15, -0.1) is 0 Å². The van der Waals surface area contributed by atoms with Crippen LogP contribution in [0, 0.1) is 0 Å². The molecule has 0 fully saturated rings. The third-order valence-corrected chi connectivity index (χ3v) is 5.80. The lowest BCUT2D eigenvalue weighted by atomic mass is 10.1. The molecule has 0 saturated heterocycles. The molecule has 0 aromatic heterocycles. The van der Waals surface area contributed by atoms with E-state index in [4.69, 9.17) is 46.4 Å². The SMILES string of the molecule is O=C(C=Cc1ccc(Cl)cc1Cl)NCc1cccc(CNC(=O)C=Cc2ccc(Cl)cc2Cl)c1. The topological polar surface area (TPSA) is 58.2 Å². The van der Waals surface area contributed by atoms with Gasteiger partial charge in [0.1, 0.15) is 0 Å². The molecule has 0 unspecified atom stereocenters. The third kappa shape index (κ3) is 8.23. The van der Waals surface area contributed by atoms with E-state index >= 15 is 0 Å². The van der Waals surface area contributed by atoms with E-state index in [2.05, 4.69) is 10.6 Å². The van der Waals surface area contributed by atoms with E-state index in [1.165, 1.54) is 12.2 Å². The minimum Gasteiger partial charge on any atom is -0.348 e. The zero-order chi connectivity index (χ0) is 24.5. The Morgan fingerprint density at radius 3 is 1.50 bits per heavy atom. The number of carbonyl (C=O) groups is 2. The Morgan fingerprint density at radius 1 is 0.647 bits per heavy atom. The molecule has 0 aliphatic carbocycles. The number of rotatable bonds is 8. The van der Waals surface area contributed by atoms with Crippen LogP contribution < -0.4 is 10.6 Å². The van der Waals surface area contributed by atoms with Crippen LogP contribution in [0.25, 0.3) is 12.2 Å². The van der Waals surface area contributed by atoms with Gasteiger partial charge < -0.3 is 10.6 Å². The fraction of sp³-hybridized carbons (Fsp3) is 0.0769. The molecule has 3 aromatic carbocycles. The fourth-order valence-corrected chi connectivity index (χ4v) is 3.89. The molecule has 4 nitrogen and oxygen atoms in total. The first-order valence-corrected chi connectivity index (χ1v) is 11.7. The van der Waals surface area contributed by atoms with Crippen LogP contribution in [-0.4, -0.2) is 11.8 Å². The van der Waals surface area contributed by atoms with E-state index in [-0.39, 0.29) is 11.8 Å². The lowest BCUT2D eigenvalue weighted by molar-refractivity contribution is -0.117. The van der Waals surface area contributed by atoms with Crippen molar-refractivity contribution in [2.24, 2.45) is 0 Å². The first-order valence-electron chi connectivity index (χ1n) is 10.2. The van der Waals surface area contributed by atoms with Crippen molar-refractivity contribution in [3.05, 3.63) is 115 Å². The second-order valence-corrected chi connectivity index (χ2v) is 8.94. The summed E-state index contributed by atoms with van der Waals surface area (Å²) in [5.74, 6) is -0.508. The highest BCUT2D eigenvalue weighted by Crippen LogP contribution is 2.22. The molecule has 0 saturated carbocycles. The number of halogens is 4. The van der Waals surface area contributed by atoms with Crippen LogP contribution in [0.4, 0.5) is 0 Å². The van der Waals surface area contributed by atoms with Gasteiger partial charge >= 0.3 is 0 Å². The Labute approximate surface area is 218 Å². The quantitative estimate of drug-likeness (QED) is 0.307. The Kier molecular flexibility index (Phi) is 9.61. The first-order chi connectivity index (χ1) is 16.3. The summed E-state index contributed by atoms with van der Waals surface area (Å²) in [5.41, 5.74) is 3.21. The molecule has 8 heteroatoms. The molecular formula is C26H20Cl4N2O2. The summed E-state index contributed by atoms with van der Waals surface area (Å²) < 4.78 is 0. The number of benzene rings is 3. The van der Waals surface area contributed by atoms with Crippen molar-refractivity contribution in [3.63, 3.8) is 0 Å². The predicted octanol–water partition coefficient (Wildman–Crippen LogP) is 6.96. The maximum absolute atomic E-state index is 12.2. The summed E-state index contributed by atoms with van der Waals surface area (Å²) in [6, 6.07) is 17.7. The van der Waals surface area contributed by atoms with E-state index in [9.17, 15) is 9.59 Å². The normalized spacial score (nSPS) is 11.2. The molecule has 0 spiro atoms. The standard InChI is InChI=1S/C26H20Cl4N2O2/c27-21-8-4-19(23(29)13-21)6-10-25(33)31-15-17-2-1-3-18(12-17)16-32-26(34)11-7-20-5-9-22(28)14-24(20)30/h1-14H,15-16H2,(H,31,33)(H,32,34). The van der Waals surface area contributed by atoms with Gasteiger partial charge in [-0.1, -0.05) is 82.8 Å². The number of carbonyl (C=O) groups excluding carboxylic acids is 2. The highest BCUT2D eigenvalue weighted by atomic mass is 35.5. The predicted molar refractivity (Wildman–Crippen MR) is 141 cm³/mol. The molecule has 3 aromatic rings. The van der Waals surface area contributed by atoms with Gasteiger partial charge in [0, 0.05) is 45.3 Å². The van der Waals surface area contributed by atoms with E-state index < -0.39 is 0 Å². The monoisotopic (exact) mass is 532 g/mol. The lowest BCUT2D eigenvalue weighted by Crippen LogP contribution is -2.21. The summed E-state index contributed by atoms with van der Waals surface area (Å²) in [6.07, 6.45) is 6.09. The number of hydrogen-bond acceptors (Lipinski definition) is 2. The van der Waals surface area contributed by atoms with Crippen molar-refractivity contribution in [2.45, 2.75) is 13.1 Å². The minimum absolute atomic E-state index is 0.254. The maximum atomic E-state index is 12.2. The number of nitrogens with one attached hydrogen (secondary N) is 2. The van der Waals surface area contributed by atoms with Gasteiger partial charge in [0.05, 0.1) is 0 Å². The summed E-state index contributed by atoms with van der Waals surface area (Å²) in [6.45, 7) is 0.683. The van der Waals surface area contributed by atoms with E-state index in [1.807, 2.05) is 24.3 Å². The average Bonchev–Trinajstić information content (AvgIpc) is 2.80. The van der Waals surface area contributed by atoms with E-state index in [0.29, 0.717) is 44.3 Å². The molecule has 3 rings (SSSR count). The molecule has 174 valence electrons. The Morgan fingerprint density at radius 2 is 1.09 bits per heavy atom. The maximum Gasteiger partial charge on any atom is 0.244 e. The van der Waals surface area contributed by atoms with Crippen LogP contribution in [0.3, 0.4) is 0 Å². The molecule has 0 bridgehead atoms. The van der Waals surface area contributed by atoms with Crippen LogP contribution in [0.1, 0.15) is 22.3 Å². The Hall–Kier alpha value is -2.76. The smallest absolute Gasteiger partial charge is 0.244 e. The molecular weight excluding hydrogens is 514 g/mol. The molecule has 34 heavy (non-hydrogen) atoms. The van der Waals surface area contributed by atoms with Crippen molar-refractivity contribution in [3.8, 4) is 0 Å². The zero-order valence-electron chi connectivity index (χ0n) is 17.8. The van der Waals surface area contributed by atoms with Crippen molar-refractivity contribution >= 4 is 70.4 Å². The van der Waals surface area contributed by atoms with Crippen molar-refractivity contribution < 1.29 is 9.59 Å². The van der Waals surface area contributed by atoms with Crippen LogP contribution >= 0.6 is 46.4 Å². The summed E-state index contributed by atoms with van der Waals surface area (Å²) in [7, 11) is 0. The van der Waals surface area contributed by atoms with Crippen molar-refractivity contribution in [1.29, 1.82) is 0 Å². The van der Waals surface area contributed by atoms with Crippen molar-refractivity contribution in [2.75, 3.05) is 0 Å². The molecule has 0 heterocycles. The first kappa shape index (κ1) is 25.9. The fourth-order valence-electron chi connectivity index (χ4n) is 2.95. The van der Waals surface area contributed by atoms with Crippen LogP contribution in [-0.2, 0) is 22.7 Å². The van der Waals surface area contributed by atoms with Gasteiger partial charge in [-0.2, -0.15) is 0 Å². The molecule has 0 radical (unpaired) electrons. The van der Waals surface area contributed by atoms with Crippen molar-refractivity contribution in [1.82, 2.24) is 10.6 Å². The second-order valence-electron chi connectivity index (χ2n) is 7.25. The molecule has 0 aliphatic rings. The summed E-state index contributed by atoms with van der Waals surface area (Å²) >= 11 is 24.0. The van der Waals surface area contributed by atoms with Gasteiger partial charge in [0.25, 0.3) is 0 Å². The minimum atomic E-state index is -0.254. The van der Waals surface area contributed by atoms with Gasteiger partial charge in [-0.05, 0) is 58.7 Å². The van der Waals surface area contributed by atoms with Gasteiger partial charge in [0.15, 0.2) is 0 Å². The summed E-state index contributed by atoms with van der Waals surface area (Å²) in [4.78, 5) is 24.3. The Bertz CT molecular complexity index is 1160. The van der Waals surface area contributed by atoms with E-state index in [1.54, 1.807) is 48.6 Å². The van der Waals surface area contributed by atoms with E-state index in [0.717, 1.165) is 11.1 Å². The molecule has 0 atom stereocenters. The average molecular weight is 534 g/mol. The third-order valence-electron chi connectivity index (χ3n) is 4.68. The zero-order valence-corrected chi connectivity index (χ0v) is 20.8. The summed E-state index contributed by atoms with van der Waals surface area (Å²) in [5, 5.41) is 7.65. The number of amides is 2. The largest absolute Gasteiger partial charge is 0.348 e. The number of hydrogen-bond donors (Lipinski definition) is 2. The van der Waals surface area contributed by atoms with Crippen LogP contribution in [0.2, 0.25) is 20.1 Å². The van der Waals surface area contributed by atoms with Crippen LogP contribution in [0.15, 0.2) is 72.8 Å². The highest BCUT2D eigenvalue weighted by Gasteiger charge is 2.03. The molecule has 0 aliphatic heterocycles. The van der Waals surface area contributed by atoms with Crippen LogP contribution in [0.5, 0.6) is 0 Å².